The maximum Gasteiger partial charge on any atom is 0.252 e. The molecule has 0 saturated carbocycles. The maximum absolute atomic E-state index is 13.2. The van der Waals surface area contributed by atoms with Crippen LogP contribution in [0.25, 0.3) is 0 Å². The minimum atomic E-state index is -1.03. The summed E-state index contributed by atoms with van der Waals surface area (Å²) in [6, 6.07) is 17.3. The van der Waals surface area contributed by atoms with Crippen LogP contribution < -0.4 is 10.1 Å². The number of aliphatic imine (C=N–C) groups is 1. The fourth-order valence-electron chi connectivity index (χ4n) is 3.44. The average molecular weight is 411 g/mol. The van der Waals surface area contributed by atoms with Gasteiger partial charge >= 0.3 is 0 Å². The summed E-state index contributed by atoms with van der Waals surface area (Å²) in [5.74, 6) is 1.04. The zero-order chi connectivity index (χ0) is 21.6. The lowest BCUT2D eigenvalue weighted by molar-refractivity contribution is -0.128. The van der Waals surface area contributed by atoms with Crippen molar-refractivity contribution in [2.45, 2.75) is 51.3 Å². The third-order valence-electron chi connectivity index (χ3n) is 5.06. The summed E-state index contributed by atoms with van der Waals surface area (Å²) >= 11 is 0. The van der Waals surface area contributed by atoms with E-state index in [4.69, 9.17) is 19.6 Å². The van der Waals surface area contributed by atoms with Gasteiger partial charge in [-0.3, -0.25) is 4.79 Å². The van der Waals surface area contributed by atoms with Gasteiger partial charge in [-0.2, -0.15) is 0 Å². The van der Waals surface area contributed by atoms with Gasteiger partial charge in [-0.05, 0) is 50.6 Å². The van der Waals surface area contributed by atoms with Crippen LogP contribution in [-0.2, 0) is 16.0 Å². The molecular weight excluding hydrogens is 380 g/mol. The van der Waals surface area contributed by atoms with Crippen LogP contribution in [-0.4, -0.2) is 47.8 Å². The third kappa shape index (κ3) is 5.00. The first kappa shape index (κ1) is 21.8. The molecule has 0 bridgehead atoms. The molecule has 6 nitrogen and oxygen atoms in total. The fourth-order valence-corrected chi connectivity index (χ4v) is 3.44. The van der Waals surface area contributed by atoms with Crippen LogP contribution in [0.4, 0.5) is 0 Å². The summed E-state index contributed by atoms with van der Waals surface area (Å²) in [7, 11) is 0. The lowest BCUT2D eigenvalue weighted by Gasteiger charge is -2.29. The first-order chi connectivity index (χ1) is 14.4. The lowest BCUT2D eigenvalue weighted by atomic mass is 9.85. The van der Waals surface area contributed by atoms with Crippen LogP contribution in [0.2, 0.25) is 0 Å². The van der Waals surface area contributed by atoms with Crippen molar-refractivity contribution in [3.63, 3.8) is 0 Å². The molecule has 1 aliphatic rings. The highest BCUT2D eigenvalue weighted by molar-refractivity contribution is 6.01. The second-order valence-corrected chi connectivity index (χ2v) is 7.84. The fraction of sp³-hybridized carbons (Fsp3) is 0.417. The number of ether oxygens (including phenoxy) is 2. The monoisotopic (exact) mass is 410 g/mol. The molecule has 2 atom stereocenters. The zero-order valence-electron chi connectivity index (χ0n) is 17.8. The lowest BCUT2D eigenvalue weighted by Crippen LogP contribution is -2.54. The molecule has 160 valence electrons. The molecule has 1 amide bonds. The van der Waals surface area contributed by atoms with Crippen molar-refractivity contribution in [2.75, 3.05) is 13.2 Å². The van der Waals surface area contributed by atoms with Crippen molar-refractivity contribution >= 4 is 11.8 Å². The van der Waals surface area contributed by atoms with Gasteiger partial charge in [-0.15, -0.1) is 0 Å². The molecule has 2 N–H and O–H groups in total. The summed E-state index contributed by atoms with van der Waals surface area (Å²) in [5.41, 5.74) is 0.796. The summed E-state index contributed by atoms with van der Waals surface area (Å²) in [5, 5.41) is 11.9. The van der Waals surface area contributed by atoms with Crippen molar-refractivity contribution in [2.24, 2.45) is 4.99 Å². The predicted molar refractivity (Wildman–Crippen MR) is 117 cm³/mol. The van der Waals surface area contributed by atoms with Crippen LogP contribution in [0.5, 0.6) is 5.75 Å². The van der Waals surface area contributed by atoms with Gasteiger partial charge in [0.05, 0.1) is 6.61 Å². The molecule has 2 aromatic carbocycles. The number of nitrogens with zero attached hydrogens (tertiary/aromatic N) is 1. The second kappa shape index (κ2) is 9.76. The van der Waals surface area contributed by atoms with Crippen LogP contribution in [0.1, 0.15) is 38.3 Å². The zero-order valence-corrected chi connectivity index (χ0v) is 17.8. The first-order valence-electron chi connectivity index (χ1n) is 10.4. The Morgan fingerprint density at radius 2 is 1.90 bits per heavy atom. The molecule has 3 rings (SSSR count). The minimum Gasteiger partial charge on any atom is -0.494 e. The number of hydrogen-bond acceptors (Lipinski definition) is 5. The van der Waals surface area contributed by atoms with E-state index in [2.05, 4.69) is 5.32 Å². The highest BCUT2D eigenvalue weighted by Crippen LogP contribution is 2.33. The van der Waals surface area contributed by atoms with Gasteiger partial charge in [0.1, 0.15) is 11.9 Å². The van der Waals surface area contributed by atoms with E-state index in [1.807, 2.05) is 75.4 Å². The quantitative estimate of drug-likeness (QED) is 0.623. The van der Waals surface area contributed by atoms with Gasteiger partial charge in [0.15, 0.2) is 5.54 Å². The van der Waals surface area contributed by atoms with Crippen molar-refractivity contribution in [3.8, 4) is 5.75 Å². The van der Waals surface area contributed by atoms with Gasteiger partial charge in [-0.1, -0.05) is 30.3 Å². The average Bonchev–Trinajstić information content (AvgIpc) is 3.06. The molecule has 0 fully saturated rings. The minimum absolute atomic E-state index is 0.00644. The van der Waals surface area contributed by atoms with E-state index in [1.165, 1.54) is 0 Å². The molecular formula is C24H30N2O4. The van der Waals surface area contributed by atoms with Gasteiger partial charge in [0.25, 0.3) is 5.91 Å². The van der Waals surface area contributed by atoms with Crippen molar-refractivity contribution in [1.82, 2.24) is 5.32 Å². The molecule has 0 aromatic heterocycles. The number of amides is 1. The molecule has 6 heteroatoms. The summed E-state index contributed by atoms with van der Waals surface area (Å²) in [4.78, 5) is 18.1. The van der Waals surface area contributed by atoms with E-state index >= 15 is 0 Å². The Hall–Kier alpha value is -2.86. The molecule has 1 heterocycles. The van der Waals surface area contributed by atoms with E-state index in [-0.39, 0.29) is 18.6 Å². The number of aliphatic hydroxyl groups excluding tert-OH is 1. The van der Waals surface area contributed by atoms with E-state index in [1.54, 1.807) is 0 Å². The molecule has 30 heavy (non-hydrogen) atoms. The second-order valence-electron chi connectivity index (χ2n) is 7.84. The van der Waals surface area contributed by atoms with Gasteiger partial charge in [-0.25, -0.2) is 4.99 Å². The number of aliphatic hydroxyl groups is 1. The highest BCUT2D eigenvalue weighted by Gasteiger charge is 2.50. The molecule has 0 radical (unpaired) electrons. The van der Waals surface area contributed by atoms with Crippen molar-refractivity contribution < 1.29 is 19.4 Å². The first-order valence-corrected chi connectivity index (χ1v) is 10.4. The van der Waals surface area contributed by atoms with Crippen LogP contribution >= 0.6 is 0 Å². The number of benzene rings is 2. The third-order valence-corrected chi connectivity index (χ3v) is 5.06. The summed E-state index contributed by atoms with van der Waals surface area (Å²) in [6.07, 6.45) is 0.633. The Balaban J connectivity index is 1.88. The van der Waals surface area contributed by atoms with Crippen molar-refractivity contribution in [3.05, 3.63) is 65.7 Å². The molecule has 0 aliphatic carbocycles. The van der Waals surface area contributed by atoms with Crippen LogP contribution in [0, 0.1) is 0 Å². The van der Waals surface area contributed by atoms with E-state index in [0.717, 1.165) is 11.1 Å². The van der Waals surface area contributed by atoms with Gasteiger partial charge < -0.3 is 19.9 Å². The Morgan fingerprint density at radius 3 is 2.53 bits per heavy atom. The molecule has 0 spiro atoms. The number of carbonyl (C=O) groups excluding carboxylic acids is 1. The van der Waals surface area contributed by atoms with E-state index in [0.29, 0.717) is 31.1 Å². The number of hydrogen-bond donors (Lipinski definition) is 2. The number of carbonyl (C=O) groups is 1. The highest BCUT2D eigenvalue weighted by atomic mass is 16.5. The van der Waals surface area contributed by atoms with E-state index in [9.17, 15) is 4.79 Å². The van der Waals surface area contributed by atoms with Crippen molar-refractivity contribution in [1.29, 1.82) is 0 Å². The number of rotatable bonds is 9. The Kier molecular flexibility index (Phi) is 7.11. The van der Waals surface area contributed by atoms with Gasteiger partial charge in [0, 0.05) is 31.1 Å². The van der Waals surface area contributed by atoms with Crippen LogP contribution in [0.15, 0.2) is 59.6 Å². The predicted octanol–water partition coefficient (Wildman–Crippen LogP) is 3.12. The Morgan fingerprint density at radius 1 is 1.20 bits per heavy atom. The molecule has 0 unspecified atom stereocenters. The maximum atomic E-state index is 13.2. The largest absolute Gasteiger partial charge is 0.494 e. The molecule has 2 aromatic rings. The normalized spacial score (nSPS) is 20.6. The SMILES string of the molecule is CC(C)NC(=O)[C@]1(Cc2ccccc2)N=C(c2ccc(OCCCO)cc2)O[C@@H]1C. The molecule has 1 aliphatic heterocycles. The van der Waals surface area contributed by atoms with E-state index < -0.39 is 11.6 Å². The Bertz CT molecular complexity index is 865. The topological polar surface area (TPSA) is 80.2 Å². The Labute approximate surface area is 177 Å². The molecule has 0 saturated heterocycles. The van der Waals surface area contributed by atoms with Crippen LogP contribution in [0.3, 0.4) is 0 Å². The summed E-state index contributed by atoms with van der Waals surface area (Å²) in [6.45, 7) is 6.33. The summed E-state index contributed by atoms with van der Waals surface area (Å²) < 4.78 is 11.7. The number of nitrogens with one attached hydrogen (secondary N) is 1. The van der Waals surface area contributed by atoms with Gasteiger partial charge in [0.2, 0.25) is 5.90 Å². The standard InChI is InChI=1S/C24H30N2O4/c1-17(2)25-23(28)24(16-19-8-5-4-6-9-19)18(3)30-22(26-24)20-10-12-21(13-11-20)29-15-7-14-27/h4-6,8-13,17-18,27H,7,14-16H2,1-3H3,(H,25,28)/t18-,24-/m1/s1. The smallest absolute Gasteiger partial charge is 0.252 e.